The molecule has 1 atom stereocenters. The molecule has 0 amide bonds. The third-order valence-corrected chi connectivity index (χ3v) is 4.07. The van der Waals surface area contributed by atoms with Crippen molar-refractivity contribution in [3.05, 3.63) is 35.4 Å². The van der Waals surface area contributed by atoms with Gasteiger partial charge in [0.1, 0.15) is 0 Å². The predicted octanol–water partition coefficient (Wildman–Crippen LogP) is 6.16. The number of Topliss-reactive ketones (excluding diaryl/α,β-unsaturated/α-hetero) is 1. The number of halogens is 1. The third kappa shape index (κ3) is 6.11. The maximum absolute atomic E-state index is 14.9. The molecule has 24 heavy (non-hydrogen) atoms. The Morgan fingerprint density at radius 2 is 1.75 bits per heavy atom. The van der Waals surface area contributed by atoms with Gasteiger partial charge in [0, 0.05) is 23.8 Å². The van der Waals surface area contributed by atoms with E-state index in [1.807, 2.05) is 58.9 Å². The number of carbonyl (C=O) groups is 1. The zero-order valence-electron chi connectivity index (χ0n) is 15.8. The van der Waals surface area contributed by atoms with Crippen LogP contribution in [0.4, 0.5) is 4.39 Å². The highest BCUT2D eigenvalue weighted by Gasteiger charge is 2.28. The first-order valence-corrected chi connectivity index (χ1v) is 9.13. The lowest BCUT2D eigenvalue weighted by molar-refractivity contribution is 0.0858. The number of benzene rings is 1. The van der Waals surface area contributed by atoms with E-state index in [1.54, 1.807) is 0 Å². The fourth-order valence-corrected chi connectivity index (χ4v) is 2.74. The Kier molecular flexibility index (Phi) is 7.67. The van der Waals surface area contributed by atoms with Crippen LogP contribution in [0.1, 0.15) is 82.6 Å². The molecule has 0 aromatic heterocycles. The van der Waals surface area contributed by atoms with E-state index in [2.05, 4.69) is 11.8 Å². The lowest BCUT2D eigenvalue weighted by Crippen LogP contribution is -2.25. The van der Waals surface area contributed by atoms with Gasteiger partial charge < -0.3 is 0 Å². The van der Waals surface area contributed by atoms with Crippen LogP contribution in [0.15, 0.2) is 24.3 Å². The van der Waals surface area contributed by atoms with Gasteiger partial charge in [-0.2, -0.15) is 0 Å². The number of rotatable bonds is 3. The van der Waals surface area contributed by atoms with E-state index < -0.39 is 11.1 Å². The molecule has 1 aliphatic rings. The molecule has 0 saturated heterocycles. The number of hydrogen-bond acceptors (Lipinski definition) is 1. The second kappa shape index (κ2) is 9.02. The molecule has 0 N–H and O–H groups in total. The van der Waals surface area contributed by atoms with Gasteiger partial charge in [-0.1, -0.05) is 77.1 Å². The molecule has 0 radical (unpaired) electrons. The zero-order valence-corrected chi connectivity index (χ0v) is 15.8. The summed E-state index contributed by atoms with van der Waals surface area (Å²) in [7, 11) is 0. The van der Waals surface area contributed by atoms with E-state index in [-0.39, 0.29) is 5.78 Å². The molecule has 2 heteroatoms. The fraction of sp³-hybridized carbons (Fsp3) is 0.591. The first-order chi connectivity index (χ1) is 11.3. The van der Waals surface area contributed by atoms with Crippen molar-refractivity contribution >= 4 is 5.78 Å². The summed E-state index contributed by atoms with van der Waals surface area (Å²) in [4.78, 5) is 12.2. The number of hydrogen-bond donors (Lipinski definition) is 0. The Morgan fingerprint density at radius 1 is 1.12 bits per heavy atom. The predicted molar refractivity (Wildman–Crippen MR) is 100.0 cm³/mol. The normalized spacial score (nSPS) is 20.6. The molecule has 0 heterocycles. The Morgan fingerprint density at radius 3 is 2.33 bits per heavy atom. The van der Waals surface area contributed by atoms with Gasteiger partial charge in [0.15, 0.2) is 11.5 Å². The Bertz CT molecular complexity index is 583. The van der Waals surface area contributed by atoms with Gasteiger partial charge in [0.2, 0.25) is 0 Å². The van der Waals surface area contributed by atoms with Crippen molar-refractivity contribution in [2.75, 3.05) is 0 Å². The first kappa shape index (κ1) is 20.4. The Labute approximate surface area is 147 Å². The van der Waals surface area contributed by atoms with Crippen LogP contribution in [0, 0.1) is 17.3 Å². The molecule has 1 aliphatic carbocycles. The monoisotopic (exact) mass is 330 g/mol. The van der Waals surface area contributed by atoms with E-state index in [0.717, 1.165) is 31.2 Å². The quantitative estimate of drug-likeness (QED) is 0.479. The van der Waals surface area contributed by atoms with E-state index >= 15 is 0 Å². The van der Waals surface area contributed by atoms with Crippen LogP contribution in [0.3, 0.4) is 0 Å². The maximum atomic E-state index is 14.9. The van der Waals surface area contributed by atoms with Gasteiger partial charge in [0.25, 0.3) is 0 Å². The topological polar surface area (TPSA) is 17.1 Å². The van der Waals surface area contributed by atoms with E-state index in [9.17, 15) is 9.18 Å². The summed E-state index contributed by atoms with van der Waals surface area (Å²) >= 11 is 0. The molecular formula is C22H31FO. The van der Waals surface area contributed by atoms with E-state index in [4.69, 9.17) is 0 Å². The second-order valence-electron chi connectivity index (χ2n) is 7.28. The van der Waals surface area contributed by atoms with Gasteiger partial charge in [-0.3, -0.25) is 4.79 Å². The fourth-order valence-electron chi connectivity index (χ4n) is 2.74. The molecule has 1 aromatic rings. The Hall–Kier alpha value is -1.62. The number of ketones is 1. The molecule has 1 nitrogen and oxygen atoms in total. The lowest BCUT2D eigenvalue weighted by Gasteiger charge is -2.21. The average Bonchev–Trinajstić information content (AvgIpc) is 2.53. The molecule has 1 aromatic carbocycles. The van der Waals surface area contributed by atoms with Gasteiger partial charge >= 0.3 is 0 Å². The van der Waals surface area contributed by atoms with Crippen LogP contribution in [0.25, 0.3) is 0 Å². The first-order valence-electron chi connectivity index (χ1n) is 9.13. The van der Waals surface area contributed by atoms with Gasteiger partial charge in [-0.25, -0.2) is 4.39 Å². The zero-order chi connectivity index (χ0) is 18.2. The number of alkyl halides is 1. The summed E-state index contributed by atoms with van der Waals surface area (Å²) in [5.74, 6) is 5.90. The molecule has 0 bridgehead atoms. The van der Waals surface area contributed by atoms with Crippen molar-refractivity contribution in [1.29, 1.82) is 0 Å². The van der Waals surface area contributed by atoms with Crippen LogP contribution in [0.2, 0.25) is 0 Å². The second-order valence-corrected chi connectivity index (χ2v) is 7.28. The number of carbonyl (C=O) groups excluding carboxylic acids is 1. The summed E-state index contributed by atoms with van der Waals surface area (Å²) in [5, 5.41) is 0. The highest BCUT2D eigenvalue weighted by molar-refractivity contribution is 5.99. The van der Waals surface area contributed by atoms with Crippen LogP contribution in [-0.2, 0) is 6.42 Å². The largest absolute Gasteiger partial charge is 0.294 e. The molecule has 0 fully saturated rings. The summed E-state index contributed by atoms with van der Waals surface area (Å²) in [6.45, 7) is 9.72. The molecule has 0 spiro atoms. The van der Waals surface area contributed by atoms with Crippen molar-refractivity contribution in [2.45, 2.75) is 78.8 Å². The van der Waals surface area contributed by atoms with Crippen molar-refractivity contribution < 1.29 is 9.18 Å². The van der Waals surface area contributed by atoms with Crippen molar-refractivity contribution in [3.8, 4) is 11.8 Å². The Balaban J connectivity index is 0.00000139. The van der Waals surface area contributed by atoms with Crippen molar-refractivity contribution in [1.82, 2.24) is 0 Å². The third-order valence-electron chi connectivity index (χ3n) is 4.07. The molecule has 0 aliphatic heterocycles. The molecule has 2 rings (SSSR count). The van der Waals surface area contributed by atoms with E-state index in [0.29, 0.717) is 18.4 Å². The minimum absolute atomic E-state index is 0.111. The van der Waals surface area contributed by atoms with Gasteiger partial charge in [-0.05, 0) is 24.8 Å². The van der Waals surface area contributed by atoms with Crippen LogP contribution >= 0.6 is 0 Å². The highest BCUT2D eigenvalue weighted by atomic mass is 19.1. The summed E-state index contributed by atoms with van der Waals surface area (Å²) < 4.78 is 14.9. The SMILES string of the molecule is CC.CC(C)(C)C(=O)c1ccc(CC2(F)C#CCCCCC2)cc1. The molecule has 132 valence electrons. The minimum Gasteiger partial charge on any atom is -0.294 e. The average molecular weight is 330 g/mol. The van der Waals surface area contributed by atoms with Crippen molar-refractivity contribution in [2.24, 2.45) is 5.41 Å². The van der Waals surface area contributed by atoms with Crippen LogP contribution in [-0.4, -0.2) is 11.5 Å². The minimum atomic E-state index is -1.42. The maximum Gasteiger partial charge on any atom is 0.174 e. The summed E-state index contributed by atoms with van der Waals surface area (Å²) in [5.41, 5.74) is -0.222. The molecular weight excluding hydrogens is 299 g/mol. The molecule has 1 unspecified atom stereocenters. The summed E-state index contributed by atoms with van der Waals surface area (Å²) in [6, 6.07) is 7.34. The van der Waals surface area contributed by atoms with E-state index in [1.165, 1.54) is 0 Å². The summed E-state index contributed by atoms with van der Waals surface area (Å²) in [6.07, 6.45) is 4.63. The standard InChI is InChI=1S/C20H25FO.C2H6/c1-19(2,3)18(22)17-11-9-16(10-12-17)15-20(21)13-7-5-4-6-8-14-20;1-2/h9-12H,4-7,13,15H2,1-3H3;1-2H3. The van der Waals surface area contributed by atoms with Crippen molar-refractivity contribution in [3.63, 3.8) is 0 Å². The van der Waals surface area contributed by atoms with Gasteiger partial charge in [0.05, 0.1) is 0 Å². The van der Waals surface area contributed by atoms with Gasteiger partial charge in [-0.15, -0.1) is 0 Å². The highest BCUT2D eigenvalue weighted by Crippen LogP contribution is 2.27. The van der Waals surface area contributed by atoms with Crippen LogP contribution < -0.4 is 0 Å². The smallest absolute Gasteiger partial charge is 0.174 e. The van der Waals surface area contributed by atoms with Crippen LogP contribution in [0.5, 0.6) is 0 Å². The lowest BCUT2D eigenvalue weighted by atomic mass is 9.85. The molecule has 0 saturated carbocycles.